The molecular formula is C15H6ClNO7. The Morgan fingerprint density at radius 2 is 1.71 bits per heavy atom. The Kier molecular flexibility index (Phi) is 3.74. The third kappa shape index (κ3) is 2.48. The molecular weight excluding hydrogens is 342 g/mol. The highest BCUT2D eigenvalue weighted by atomic mass is 35.5. The van der Waals surface area contributed by atoms with Crippen molar-refractivity contribution in [2.75, 3.05) is 0 Å². The van der Waals surface area contributed by atoms with E-state index in [1.54, 1.807) is 12.1 Å². The van der Waals surface area contributed by atoms with E-state index in [-0.39, 0.29) is 11.1 Å². The number of halogens is 1. The fourth-order valence-corrected chi connectivity index (χ4v) is 2.32. The number of carbonyl (C=O) groups excluding carboxylic acids is 3. The van der Waals surface area contributed by atoms with Gasteiger partial charge in [0.05, 0.1) is 6.07 Å². The minimum atomic E-state index is -1.18. The normalized spacial score (nSPS) is 13.7. The standard InChI is InChI=1S/C15H6ClNO7/c16-11-12(18)7-3-1-2-4-8(7)13(19)14(11)24-15(20)9-5-6-10(23-9)17(21)22/h1-6H. The molecule has 0 amide bonds. The van der Waals surface area contributed by atoms with Crippen LogP contribution < -0.4 is 0 Å². The number of allylic oxidation sites excluding steroid dienone is 2. The molecule has 24 heavy (non-hydrogen) atoms. The average molecular weight is 348 g/mol. The predicted octanol–water partition coefficient (Wildman–Crippen LogP) is 2.87. The van der Waals surface area contributed by atoms with E-state index in [1.807, 2.05) is 0 Å². The minimum absolute atomic E-state index is 0.0418. The number of fused-ring (bicyclic) bond motifs is 1. The predicted molar refractivity (Wildman–Crippen MR) is 78.8 cm³/mol. The molecule has 0 bridgehead atoms. The Morgan fingerprint density at radius 1 is 1.08 bits per heavy atom. The molecule has 0 aliphatic heterocycles. The smallest absolute Gasteiger partial charge is 0.415 e. The first-order valence-corrected chi connectivity index (χ1v) is 6.82. The van der Waals surface area contributed by atoms with Crippen molar-refractivity contribution in [3.05, 3.63) is 74.2 Å². The molecule has 0 unspecified atom stereocenters. The Balaban J connectivity index is 1.93. The molecule has 9 heteroatoms. The molecule has 0 radical (unpaired) electrons. The number of carbonyl (C=O) groups is 3. The van der Waals surface area contributed by atoms with Gasteiger partial charge in [0.25, 0.3) is 0 Å². The van der Waals surface area contributed by atoms with Crippen LogP contribution in [0.15, 0.2) is 51.6 Å². The van der Waals surface area contributed by atoms with Crippen LogP contribution in [0.3, 0.4) is 0 Å². The van der Waals surface area contributed by atoms with Crippen LogP contribution in [-0.4, -0.2) is 22.5 Å². The zero-order valence-electron chi connectivity index (χ0n) is 11.6. The lowest BCUT2D eigenvalue weighted by Gasteiger charge is -2.16. The number of hydrogen-bond donors (Lipinski definition) is 0. The van der Waals surface area contributed by atoms with Gasteiger partial charge in [-0.25, -0.2) is 4.79 Å². The molecule has 0 saturated carbocycles. The Bertz CT molecular complexity index is 941. The van der Waals surface area contributed by atoms with Crippen molar-refractivity contribution < 1.29 is 28.5 Å². The van der Waals surface area contributed by atoms with Crippen LogP contribution in [0.4, 0.5) is 5.88 Å². The molecule has 0 N–H and O–H groups in total. The average Bonchev–Trinajstić information content (AvgIpc) is 3.07. The quantitative estimate of drug-likeness (QED) is 0.476. The molecule has 1 aromatic heterocycles. The van der Waals surface area contributed by atoms with Gasteiger partial charge in [0.2, 0.25) is 23.1 Å². The molecule has 0 fully saturated rings. The molecule has 120 valence electrons. The zero-order chi connectivity index (χ0) is 17.4. The summed E-state index contributed by atoms with van der Waals surface area (Å²) in [6.07, 6.45) is 0. The number of benzene rings is 1. The molecule has 1 aliphatic carbocycles. The van der Waals surface area contributed by atoms with Crippen molar-refractivity contribution in [3.8, 4) is 0 Å². The summed E-state index contributed by atoms with van der Waals surface area (Å²) in [5.41, 5.74) is 0.140. The maximum atomic E-state index is 12.3. The first kappa shape index (κ1) is 15.6. The number of hydrogen-bond acceptors (Lipinski definition) is 7. The number of nitro groups is 1. The van der Waals surface area contributed by atoms with Crippen molar-refractivity contribution >= 4 is 35.0 Å². The molecule has 1 aromatic carbocycles. The third-order valence-electron chi connectivity index (χ3n) is 3.19. The monoisotopic (exact) mass is 347 g/mol. The van der Waals surface area contributed by atoms with Gasteiger partial charge >= 0.3 is 11.9 Å². The van der Waals surface area contributed by atoms with E-state index in [9.17, 15) is 24.5 Å². The van der Waals surface area contributed by atoms with Gasteiger partial charge in [0.1, 0.15) is 9.96 Å². The van der Waals surface area contributed by atoms with E-state index >= 15 is 0 Å². The Labute approximate surface area is 138 Å². The van der Waals surface area contributed by atoms with Crippen LogP contribution in [-0.2, 0) is 4.74 Å². The van der Waals surface area contributed by atoms with Crippen molar-refractivity contribution in [2.45, 2.75) is 0 Å². The summed E-state index contributed by atoms with van der Waals surface area (Å²) >= 11 is 5.84. The van der Waals surface area contributed by atoms with E-state index in [4.69, 9.17) is 16.3 Å². The van der Waals surface area contributed by atoms with E-state index in [0.717, 1.165) is 12.1 Å². The number of furan rings is 1. The number of esters is 1. The van der Waals surface area contributed by atoms with Crippen LogP contribution in [0.25, 0.3) is 0 Å². The first-order valence-electron chi connectivity index (χ1n) is 6.44. The Hall–Kier alpha value is -3.26. The number of Topliss-reactive ketones (excluding diaryl/α,β-unsaturated/α-hetero) is 2. The molecule has 1 heterocycles. The van der Waals surface area contributed by atoms with Crippen LogP contribution in [0.2, 0.25) is 0 Å². The van der Waals surface area contributed by atoms with Gasteiger partial charge in [-0.2, -0.15) is 0 Å². The topological polar surface area (TPSA) is 117 Å². The summed E-state index contributed by atoms with van der Waals surface area (Å²) < 4.78 is 9.52. The highest BCUT2D eigenvalue weighted by Crippen LogP contribution is 2.30. The minimum Gasteiger partial charge on any atom is -0.415 e. The fourth-order valence-electron chi connectivity index (χ4n) is 2.09. The molecule has 0 atom stereocenters. The first-order chi connectivity index (χ1) is 11.4. The van der Waals surface area contributed by atoms with Crippen LogP contribution >= 0.6 is 11.6 Å². The number of ketones is 2. The number of nitrogens with zero attached hydrogens (tertiary/aromatic N) is 1. The molecule has 8 nitrogen and oxygen atoms in total. The Morgan fingerprint density at radius 3 is 2.29 bits per heavy atom. The van der Waals surface area contributed by atoms with Gasteiger partial charge in [-0.1, -0.05) is 35.9 Å². The largest absolute Gasteiger partial charge is 0.433 e. The fraction of sp³-hybridized carbons (Fsp3) is 0. The van der Waals surface area contributed by atoms with E-state index in [1.165, 1.54) is 12.1 Å². The molecule has 0 spiro atoms. The highest BCUT2D eigenvalue weighted by Gasteiger charge is 2.34. The second kappa shape index (κ2) is 5.74. The maximum Gasteiger partial charge on any atom is 0.433 e. The zero-order valence-corrected chi connectivity index (χ0v) is 12.4. The van der Waals surface area contributed by atoms with Crippen LogP contribution in [0.5, 0.6) is 0 Å². The van der Waals surface area contributed by atoms with Crippen molar-refractivity contribution in [1.82, 2.24) is 0 Å². The number of rotatable bonds is 3. The summed E-state index contributed by atoms with van der Waals surface area (Å²) in [6, 6.07) is 7.89. The molecule has 2 aromatic rings. The van der Waals surface area contributed by atoms with Crippen molar-refractivity contribution in [3.63, 3.8) is 0 Å². The maximum absolute atomic E-state index is 12.3. The van der Waals surface area contributed by atoms with E-state index in [2.05, 4.69) is 4.42 Å². The van der Waals surface area contributed by atoms with Gasteiger partial charge in [0.15, 0.2) is 0 Å². The summed E-state index contributed by atoms with van der Waals surface area (Å²) in [7, 11) is 0. The molecule has 0 saturated heterocycles. The lowest BCUT2D eigenvalue weighted by Crippen LogP contribution is -2.23. The van der Waals surface area contributed by atoms with Gasteiger partial charge in [-0.05, 0) is 6.07 Å². The second-order valence-corrected chi connectivity index (χ2v) is 5.01. The van der Waals surface area contributed by atoms with Crippen LogP contribution in [0, 0.1) is 10.1 Å². The lowest BCUT2D eigenvalue weighted by molar-refractivity contribution is -0.402. The summed E-state index contributed by atoms with van der Waals surface area (Å²) in [4.78, 5) is 46.1. The van der Waals surface area contributed by atoms with E-state index in [0.29, 0.717) is 0 Å². The van der Waals surface area contributed by atoms with Gasteiger partial charge in [0, 0.05) is 11.1 Å². The number of ether oxygens (including phenoxy) is 1. The molecule has 1 aliphatic rings. The second-order valence-electron chi connectivity index (χ2n) is 4.63. The van der Waals surface area contributed by atoms with Gasteiger partial charge in [-0.15, -0.1) is 0 Å². The van der Waals surface area contributed by atoms with Crippen molar-refractivity contribution in [2.24, 2.45) is 0 Å². The molecule has 3 rings (SSSR count). The summed E-state index contributed by atoms with van der Waals surface area (Å²) in [5.74, 6) is -4.41. The third-order valence-corrected chi connectivity index (χ3v) is 3.53. The lowest BCUT2D eigenvalue weighted by atomic mass is 9.93. The van der Waals surface area contributed by atoms with E-state index < -0.39 is 44.9 Å². The highest BCUT2D eigenvalue weighted by molar-refractivity contribution is 6.49. The van der Waals surface area contributed by atoms with Gasteiger partial charge < -0.3 is 9.15 Å². The van der Waals surface area contributed by atoms with Crippen molar-refractivity contribution in [1.29, 1.82) is 0 Å². The van der Waals surface area contributed by atoms with Gasteiger partial charge in [-0.3, -0.25) is 19.7 Å². The summed E-state index contributed by atoms with van der Waals surface area (Å²) in [5, 5.41) is 9.99. The summed E-state index contributed by atoms with van der Waals surface area (Å²) in [6.45, 7) is 0. The SMILES string of the molecule is O=C(OC1=C(Cl)C(=O)c2ccccc2C1=O)c1ccc([N+](=O)[O-])o1. The van der Waals surface area contributed by atoms with Crippen LogP contribution in [0.1, 0.15) is 31.3 Å².